The molecule has 6 heteroatoms. The van der Waals surface area contributed by atoms with E-state index in [1.807, 2.05) is 0 Å². The van der Waals surface area contributed by atoms with Crippen molar-refractivity contribution in [2.24, 2.45) is 28.6 Å². The van der Waals surface area contributed by atoms with E-state index in [9.17, 15) is 9.90 Å². The van der Waals surface area contributed by atoms with Gasteiger partial charge in [-0.25, -0.2) is 0 Å². The second kappa shape index (κ2) is 9.07. The highest BCUT2D eigenvalue weighted by molar-refractivity contribution is 9.09. The number of carbonyl (C=O) groups is 1. The van der Waals surface area contributed by atoms with Gasteiger partial charge in [0, 0.05) is 18.8 Å². The minimum Gasteiger partial charge on any atom is -0.461 e. The summed E-state index contributed by atoms with van der Waals surface area (Å²) in [5.74, 6) is 1.42. The highest BCUT2D eigenvalue weighted by atomic mass is 79.9. The third-order valence-corrected chi connectivity index (χ3v) is 9.96. The molecule has 9 atom stereocenters. The minimum atomic E-state index is -0.474. The summed E-state index contributed by atoms with van der Waals surface area (Å²) in [7, 11) is 0. The average Bonchev–Trinajstić information content (AvgIpc) is 2.97. The number of carbonyl (C=O) groups excluding carboxylic acids is 1. The Kier molecular flexibility index (Phi) is 6.88. The van der Waals surface area contributed by atoms with Gasteiger partial charge in [-0.15, -0.1) is 0 Å². The first-order chi connectivity index (χ1) is 15.1. The number of aliphatic hydroxyl groups excluding tert-OH is 1. The van der Waals surface area contributed by atoms with E-state index in [1.165, 1.54) is 12.5 Å². The lowest BCUT2D eigenvalue weighted by atomic mass is 9.47. The van der Waals surface area contributed by atoms with Crippen LogP contribution < -0.4 is 0 Å². The van der Waals surface area contributed by atoms with Crippen LogP contribution in [0.2, 0.25) is 0 Å². The molecule has 3 saturated carbocycles. The molecule has 0 amide bonds. The lowest BCUT2D eigenvalue weighted by molar-refractivity contribution is -0.301. The summed E-state index contributed by atoms with van der Waals surface area (Å²) in [6.45, 7) is 12.2. The van der Waals surface area contributed by atoms with Crippen LogP contribution in [0, 0.1) is 28.6 Å². The second-order valence-electron chi connectivity index (χ2n) is 11.0. The Bertz CT molecular complexity index is 780. The summed E-state index contributed by atoms with van der Waals surface area (Å²) in [5, 5.41) is 11.4. The Morgan fingerprint density at radius 1 is 1.28 bits per heavy atom. The molecule has 32 heavy (non-hydrogen) atoms. The van der Waals surface area contributed by atoms with Crippen molar-refractivity contribution in [3.63, 3.8) is 0 Å². The number of hydrogen-bond donors (Lipinski definition) is 1. The molecule has 0 heterocycles. The fourth-order valence-corrected chi connectivity index (χ4v) is 8.58. The van der Waals surface area contributed by atoms with Crippen molar-refractivity contribution in [3.8, 4) is 0 Å². The Hall–Kier alpha value is -0.850. The standard InChI is InChI=1S/C26H39BrO5/c1-6-7-15(2)31-32-18-8-10-25(4)17(12-18)13-22(29)23-19(25)9-11-26(5)20(23)14-21(27)24(26)30-16(3)28/h13,18-24,29H,2,6-12,14H2,1,3-5H3/t18-,19?,20?,21+,22?,23?,24?,25-,26-/m0/s1. The Labute approximate surface area is 201 Å². The van der Waals surface area contributed by atoms with Crippen LogP contribution in [0.15, 0.2) is 24.0 Å². The predicted molar refractivity (Wildman–Crippen MR) is 127 cm³/mol. The van der Waals surface area contributed by atoms with E-state index in [0.717, 1.165) is 51.4 Å². The summed E-state index contributed by atoms with van der Waals surface area (Å²) in [4.78, 5) is 23.1. The maximum atomic E-state index is 11.8. The van der Waals surface area contributed by atoms with Crippen molar-refractivity contribution in [1.29, 1.82) is 0 Å². The van der Waals surface area contributed by atoms with Gasteiger partial charge in [-0.1, -0.05) is 54.9 Å². The highest BCUT2D eigenvalue weighted by Crippen LogP contribution is 2.66. The summed E-state index contributed by atoms with van der Waals surface area (Å²) >= 11 is 3.81. The van der Waals surface area contributed by atoms with Gasteiger partial charge in [-0.2, -0.15) is 4.89 Å². The molecule has 3 fully saturated rings. The molecule has 0 aliphatic heterocycles. The lowest BCUT2D eigenvalue weighted by Gasteiger charge is -2.58. The van der Waals surface area contributed by atoms with Crippen LogP contribution in [0.1, 0.15) is 79.1 Å². The number of hydrogen-bond acceptors (Lipinski definition) is 5. The normalized spacial score (nSPS) is 45.2. The Balaban J connectivity index is 1.53. The number of rotatable bonds is 6. The van der Waals surface area contributed by atoms with E-state index in [0.29, 0.717) is 17.6 Å². The number of fused-ring (bicyclic) bond motifs is 5. The molecular weight excluding hydrogens is 472 g/mol. The van der Waals surface area contributed by atoms with E-state index >= 15 is 0 Å². The van der Waals surface area contributed by atoms with E-state index in [2.05, 4.69) is 49.4 Å². The maximum absolute atomic E-state index is 11.8. The van der Waals surface area contributed by atoms with Crippen LogP contribution in [0.3, 0.4) is 0 Å². The van der Waals surface area contributed by atoms with E-state index < -0.39 is 6.10 Å². The van der Waals surface area contributed by atoms with Crippen molar-refractivity contribution in [3.05, 3.63) is 24.0 Å². The van der Waals surface area contributed by atoms with E-state index in [4.69, 9.17) is 14.5 Å². The van der Waals surface area contributed by atoms with Gasteiger partial charge in [0.15, 0.2) is 0 Å². The quantitative estimate of drug-likeness (QED) is 0.121. The SMILES string of the molecule is C=C(CCC)OO[C@H]1CC[C@@]2(C)C(=CC(O)C3C4C[C@@H](Br)C(OC(C)=O)[C@@]4(C)CCC32)C1. The van der Waals surface area contributed by atoms with Gasteiger partial charge < -0.3 is 14.7 Å². The van der Waals surface area contributed by atoms with Crippen molar-refractivity contribution in [1.82, 2.24) is 0 Å². The van der Waals surface area contributed by atoms with Crippen molar-refractivity contribution in [2.45, 2.75) is 102 Å². The zero-order valence-electron chi connectivity index (χ0n) is 19.9. The molecule has 5 unspecified atom stereocenters. The Morgan fingerprint density at radius 2 is 2.03 bits per heavy atom. The van der Waals surface area contributed by atoms with Crippen LogP contribution in [0.5, 0.6) is 0 Å². The van der Waals surface area contributed by atoms with Crippen molar-refractivity contribution in [2.75, 3.05) is 0 Å². The van der Waals surface area contributed by atoms with Gasteiger partial charge >= 0.3 is 5.97 Å². The monoisotopic (exact) mass is 510 g/mol. The molecule has 0 aromatic carbocycles. The van der Waals surface area contributed by atoms with Gasteiger partial charge in [-0.05, 0) is 68.1 Å². The number of halogens is 1. The molecular formula is C26H39BrO5. The van der Waals surface area contributed by atoms with Gasteiger partial charge in [0.25, 0.3) is 0 Å². The lowest BCUT2D eigenvalue weighted by Crippen LogP contribution is -2.55. The minimum absolute atomic E-state index is 0.00675. The van der Waals surface area contributed by atoms with Crippen LogP contribution in [0.4, 0.5) is 0 Å². The predicted octanol–water partition coefficient (Wildman–Crippen LogP) is 5.86. The fraction of sp³-hybridized carbons (Fsp3) is 0.808. The number of alkyl halides is 1. The topological polar surface area (TPSA) is 65.0 Å². The molecule has 0 spiro atoms. The second-order valence-corrected chi connectivity index (χ2v) is 12.2. The fourth-order valence-electron chi connectivity index (χ4n) is 7.47. The molecule has 0 saturated heterocycles. The molecule has 180 valence electrons. The molecule has 0 aromatic heterocycles. The number of esters is 1. The highest BCUT2D eigenvalue weighted by Gasteiger charge is 2.63. The molecule has 0 radical (unpaired) electrons. The van der Waals surface area contributed by atoms with E-state index in [-0.39, 0.29) is 39.8 Å². The van der Waals surface area contributed by atoms with E-state index in [1.54, 1.807) is 0 Å². The van der Waals surface area contributed by atoms with Gasteiger partial charge in [0.2, 0.25) is 0 Å². The average molecular weight is 511 g/mol. The zero-order valence-corrected chi connectivity index (χ0v) is 21.5. The zero-order chi connectivity index (χ0) is 23.3. The third kappa shape index (κ3) is 4.09. The summed E-state index contributed by atoms with van der Waals surface area (Å²) in [6.07, 6.45) is 9.11. The molecule has 4 aliphatic rings. The number of aliphatic hydroxyl groups is 1. The summed E-state index contributed by atoms with van der Waals surface area (Å²) < 4.78 is 5.80. The summed E-state index contributed by atoms with van der Waals surface area (Å²) in [5.41, 5.74) is 1.30. The molecule has 0 bridgehead atoms. The third-order valence-electron chi connectivity index (χ3n) is 9.10. The van der Waals surface area contributed by atoms with Gasteiger partial charge in [0.05, 0.1) is 10.9 Å². The van der Waals surface area contributed by atoms with Crippen LogP contribution in [-0.2, 0) is 19.3 Å². The van der Waals surface area contributed by atoms with Gasteiger partial charge in [0.1, 0.15) is 18.0 Å². The molecule has 5 nitrogen and oxygen atoms in total. The molecule has 1 N–H and O–H groups in total. The van der Waals surface area contributed by atoms with Crippen molar-refractivity contribution >= 4 is 21.9 Å². The van der Waals surface area contributed by atoms with Crippen molar-refractivity contribution < 1.29 is 24.4 Å². The number of allylic oxidation sites excluding steroid dienone is 1. The largest absolute Gasteiger partial charge is 0.461 e. The maximum Gasteiger partial charge on any atom is 0.302 e. The van der Waals surface area contributed by atoms with Crippen LogP contribution in [-0.4, -0.2) is 34.2 Å². The van der Waals surface area contributed by atoms with Crippen LogP contribution >= 0.6 is 15.9 Å². The summed E-state index contributed by atoms with van der Waals surface area (Å²) in [6, 6.07) is 0. The smallest absolute Gasteiger partial charge is 0.302 e. The molecule has 0 aromatic rings. The first kappa shape index (κ1) is 24.3. The molecule has 4 aliphatic carbocycles. The number of ether oxygens (including phenoxy) is 1. The molecule has 4 rings (SSSR count). The first-order valence-corrected chi connectivity index (χ1v) is 13.2. The van der Waals surface area contributed by atoms with Crippen LogP contribution in [0.25, 0.3) is 0 Å². The Morgan fingerprint density at radius 3 is 2.72 bits per heavy atom. The first-order valence-electron chi connectivity index (χ1n) is 12.3. The van der Waals surface area contributed by atoms with Gasteiger partial charge in [-0.3, -0.25) is 4.79 Å².